The Hall–Kier alpha value is -1.61. The van der Waals surface area contributed by atoms with Crippen molar-refractivity contribution in [1.82, 2.24) is 4.31 Å². The van der Waals surface area contributed by atoms with Gasteiger partial charge in [-0.15, -0.1) is 0 Å². The van der Waals surface area contributed by atoms with Crippen LogP contribution in [0.4, 0.5) is 13.2 Å². The van der Waals surface area contributed by atoms with Crippen molar-refractivity contribution in [3.8, 4) is 0 Å². The van der Waals surface area contributed by atoms with Gasteiger partial charge in [0.05, 0.1) is 17.6 Å². The van der Waals surface area contributed by atoms with Crippen molar-refractivity contribution in [3.05, 3.63) is 29.8 Å². The summed E-state index contributed by atoms with van der Waals surface area (Å²) >= 11 is 0. The first-order valence-electron chi connectivity index (χ1n) is 6.45. The van der Waals surface area contributed by atoms with E-state index in [1.165, 1.54) is 0 Å². The van der Waals surface area contributed by atoms with Crippen LogP contribution >= 0.6 is 0 Å². The molecule has 1 unspecified atom stereocenters. The van der Waals surface area contributed by atoms with Crippen molar-refractivity contribution < 1.29 is 31.1 Å². The number of sulfonamides is 1. The molecule has 1 heterocycles. The van der Waals surface area contributed by atoms with E-state index in [0.717, 1.165) is 23.5 Å². The third kappa shape index (κ3) is 3.09. The van der Waals surface area contributed by atoms with Crippen molar-refractivity contribution >= 4 is 16.0 Å². The molecule has 1 aliphatic rings. The zero-order valence-corrected chi connectivity index (χ0v) is 12.4. The van der Waals surface area contributed by atoms with E-state index in [0.29, 0.717) is 25.0 Å². The molecule has 1 fully saturated rings. The minimum atomic E-state index is -4.54. The second kappa shape index (κ2) is 5.88. The van der Waals surface area contributed by atoms with Gasteiger partial charge in [0.15, 0.2) is 0 Å². The molecule has 0 aromatic heterocycles. The quantitative estimate of drug-likeness (QED) is 0.792. The number of halogens is 3. The molecule has 0 radical (unpaired) electrons. The molecular formula is C13H14F3NO4S. The van der Waals surface area contributed by atoms with E-state index in [9.17, 15) is 26.4 Å². The molecule has 0 saturated carbocycles. The zero-order valence-electron chi connectivity index (χ0n) is 11.6. The van der Waals surface area contributed by atoms with Gasteiger partial charge in [0.25, 0.3) is 0 Å². The molecular weight excluding hydrogens is 323 g/mol. The zero-order chi connectivity index (χ0) is 16.5. The van der Waals surface area contributed by atoms with Gasteiger partial charge in [0.2, 0.25) is 10.0 Å². The van der Waals surface area contributed by atoms with Crippen molar-refractivity contribution in [1.29, 1.82) is 0 Å². The predicted octanol–water partition coefficient (Wildman–Crippen LogP) is 2.03. The molecule has 1 aliphatic heterocycles. The molecule has 9 heteroatoms. The molecule has 0 bridgehead atoms. The van der Waals surface area contributed by atoms with Crippen molar-refractivity contribution in [2.45, 2.75) is 30.0 Å². The fourth-order valence-electron chi connectivity index (χ4n) is 2.35. The van der Waals surface area contributed by atoms with E-state index in [4.69, 9.17) is 0 Å². The standard InChI is InChI=1S/C13H14F3NO4S/c1-21-12(18)11-3-2-8-17(11)22(19,20)10-6-4-9(5-7-10)13(14,15)16/h4-7,11H,2-3,8H2,1H3. The second-order valence-electron chi connectivity index (χ2n) is 4.82. The molecule has 0 amide bonds. The second-order valence-corrected chi connectivity index (χ2v) is 6.71. The van der Waals surface area contributed by atoms with Crippen LogP contribution in [0.15, 0.2) is 29.2 Å². The average molecular weight is 337 g/mol. The molecule has 122 valence electrons. The first-order valence-corrected chi connectivity index (χ1v) is 7.89. The number of rotatable bonds is 3. The lowest BCUT2D eigenvalue weighted by molar-refractivity contribution is -0.144. The lowest BCUT2D eigenvalue weighted by Crippen LogP contribution is -2.41. The van der Waals surface area contributed by atoms with Gasteiger partial charge in [0.1, 0.15) is 6.04 Å². The molecule has 1 saturated heterocycles. The third-order valence-corrected chi connectivity index (χ3v) is 5.39. The van der Waals surface area contributed by atoms with Crippen LogP contribution in [0.3, 0.4) is 0 Å². The topological polar surface area (TPSA) is 63.7 Å². The number of hydrogen-bond donors (Lipinski definition) is 0. The Morgan fingerprint density at radius 2 is 1.86 bits per heavy atom. The first-order chi connectivity index (χ1) is 10.2. The van der Waals surface area contributed by atoms with Gasteiger partial charge in [-0.1, -0.05) is 0 Å². The summed E-state index contributed by atoms with van der Waals surface area (Å²) in [5.74, 6) is -0.673. The van der Waals surface area contributed by atoms with Crippen LogP contribution in [-0.4, -0.2) is 38.4 Å². The Balaban J connectivity index is 2.32. The highest BCUT2D eigenvalue weighted by molar-refractivity contribution is 7.89. The molecule has 1 aromatic carbocycles. The van der Waals surface area contributed by atoms with Gasteiger partial charge >= 0.3 is 12.1 Å². The Bertz CT molecular complexity index is 655. The van der Waals surface area contributed by atoms with Crippen LogP contribution in [0.2, 0.25) is 0 Å². The van der Waals surface area contributed by atoms with Crippen LogP contribution < -0.4 is 0 Å². The molecule has 1 aromatic rings. The summed E-state index contributed by atoms with van der Waals surface area (Å²) in [6.45, 7) is 0.128. The van der Waals surface area contributed by atoms with E-state index in [1.807, 2.05) is 0 Å². The lowest BCUT2D eigenvalue weighted by Gasteiger charge is -2.22. The van der Waals surface area contributed by atoms with Gasteiger partial charge < -0.3 is 4.74 Å². The summed E-state index contributed by atoms with van der Waals surface area (Å²) in [7, 11) is -2.88. The van der Waals surface area contributed by atoms with Gasteiger partial charge in [-0.2, -0.15) is 17.5 Å². The molecule has 5 nitrogen and oxygen atoms in total. The fraction of sp³-hybridized carbons (Fsp3) is 0.462. The average Bonchev–Trinajstić information content (AvgIpc) is 2.96. The number of hydrogen-bond acceptors (Lipinski definition) is 4. The Kier molecular flexibility index (Phi) is 4.48. The van der Waals surface area contributed by atoms with Crippen LogP contribution in [0, 0.1) is 0 Å². The maximum atomic E-state index is 12.5. The van der Waals surface area contributed by atoms with Gasteiger partial charge in [-0.25, -0.2) is 8.42 Å². The normalized spacial score (nSPS) is 20.1. The minimum Gasteiger partial charge on any atom is -0.468 e. The van der Waals surface area contributed by atoms with Crippen LogP contribution in [0.25, 0.3) is 0 Å². The number of alkyl halides is 3. The van der Waals surface area contributed by atoms with Crippen molar-refractivity contribution in [2.75, 3.05) is 13.7 Å². The number of ether oxygens (including phenoxy) is 1. The number of esters is 1. The Labute approximate surface area is 125 Å². The summed E-state index contributed by atoms with van der Waals surface area (Å²) in [5, 5.41) is 0. The van der Waals surface area contributed by atoms with Gasteiger partial charge in [-0.05, 0) is 37.1 Å². The molecule has 1 atom stereocenters. The van der Waals surface area contributed by atoms with Crippen LogP contribution in [0.5, 0.6) is 0 Å². The van der Waals surface area contributed by atoms with E-state index >= 15 is 0 Å². The maximum absolute atomic E-state index is 12.5. The summed E-state index contributed by atoms with van der Waals surface area (Å²) in [6.07, 6.45) is -3.73. The summed E-state index contributed by atoms with van der Waals surface area (Å²) in [5.41, 5.74) is -0.933. The number of benzene rings is 1. The first kappa shape index (κ1) is 16.8. The smallest absolute Gasteiger partial charge is 0.416 e. The molecule has 22 heavy (non-hydrogen) atoms. The van der Waals surface area contributed by atoms with Gasteiger partial charge in [-0.3, -0.25) is 4.79 Å². The largest absolute Gasteiger partial charge is 0.468 e. The maximum Gasteiger partial charge on any atom is 0.416 e. The highest BCUT2D eigenvalue weighted by atomic mass is 32.2. The minimum absolute atomic E-state index is 0.128. The number of carbonyl (C=O) groups is 1. The Morgan fingerprint density at radius 3 is 2.36 bits per heavy atom. The fourth-order valence-corrected chi connectivity index (χ4v) is 4.00. The Morgan fingerprint density at radius 1 is 1.27 bits per heavy atom. The number of methoxy groups -OCH3 is 1. The van der Waals surface area contributed by atoms with E-state index < -0.39 is 33.8 Å². The van der Waals surface area contributed by atoms with Crippen molar-refractivity contribution in [3.63, 3.8) is 0 Å². The summed E-state index contributed by atoms with van der Waals surface area (Å²) in [4.78, 5) is 11.3. The van der Waals surface area contributed by atoms with Gasteiger partial charge in [0, 0.05) is 6.54 Å². The molecule has 0 N–H and O–H groups in total. The monoisotopic (exact) mass is 337 g/mol. The van der Waals surface area contributed by atoms with Crippen LogP contribution in [0.1, 0.15) is 18.4 Å². The number of nitrogens with zero attached hydrogens (tertiary/aromatic N) is 1. The third-order valence-electron chi connectivity index (χ3n) is 3.47. The molecule has 0 spiro atoms. The van der Waals surface area contributed by atoms with Crippen LogP contribution in [-0.2, 0) is 25.7 Å². The summed E-state index contributed by atoms with van der Waals surface area (Å²) < 4.78 is 68.0. The van der Waals surface area contributed by atoms with E-state index in [2.05, 4.69) is 4.74 Å². The lowest BCUT2D eigenvalue weighted by atomic mass is 10.2. The van der Waals surface area contributed by atoms with E-state index in [-0.39, 0.29) is 11.4 Å². The summed E-state index contributed by atoms with van der Waals surface area (Å²) in [6, 6.07) is 2.26. The molecule has 0 aliphatic carbocycles. The predicted molar refractivity (Wildman–Crippen MR) is 70.4 cm³/mol. The SMILES string of the molecule is COC(=O)C1CCCN1S(=O)(=O)c1ccc(C(F)(F)F)cc1. The highest BCUT2D eigenvalue weighted by Gasteiger charge is 2.40. The highest BCUT2D eigenvalue weighted by Crippen LogP contribution is 2.31. The molecule has 2 rings (SSSR count). The van der Waals surface area contributed by atoms with Crippen molar-refractivity contribution in [2.24, 2.45) is 0 Å². The van der Waals surface area contributed by atoms with E-state index in [1.54, 1.807) is 0 Å². The number of carbonyl (C=O) groups excluding carboxylic acids is 1.